The van der Waals surface area contributed by atoms with Crippen molar-refractivity contribution in [1.82, 2.24) is 15.2 Å². The Balaban J connectivity index is 1.83. The summed E-state index contributed by atoms with van der Waals surface area (Å²) >= 11 is 0. The summed E-state index contributed by atoms with van der Waals surface area (Å²) in [6, 6.07) is 8.22. The minimum absolute atomic E-state index is 0.630. The zero-order valence-electron chi connectivity index (χ0n) is 16.9. The Morgan fingerprint density at radius 2 is 1.96 bits per heavy atom. The highest BCUT2D eigenvalue weighted by Crippen LogP contribution is 2.28. The van der Waals surface area contributed by atoms with E-state index in [1.807, 2.05) is 30.8 Å². The standard InChI is InChI=1S/C21H32N4O2/c1-5-22-21(24-15-18-11-13-25(3)16-18)23-12-7-8-17-9-10-19(26-4)20(14-17)27-6-2/h9-11,13-14,16H,5-8,12,15H2,1-4H3,(H2,22,23,24). The van der Waals surface area contributed by atoms with Crippen LogP contribution in [0.1, 0.15) is 31.4 Å². The third-order valence-corrected chi connectivity index (χ3v) is 4.12. The first-order valence-electron chi connectivity index (χ1n) is 9.59. The topological polar surface area (TPSA) is 59.8 Å². The van der Waals surface area contributed by atoms with Crippen molar-refractivity contribution in [3.8, 4) is 11.5 Å². The number of rotatable bonds is 10. The van der Waals surface area contributed by atoms with Gasteiger partial charge in [-0.2, -0.15) is 0 Å². The second-order valence-corrected chi connectivity index (χ2v) is 6.33. The Morgan fingerprint density at radius 3 is 2.63 bits per heavy atom. The van der Waals surface area contributed by atoms with Crippen molar-refractivity contribution in [2.45, 2.75) is 33.2 Å². The summed E-state index contributed by atoms with van der Waals surface area (Å²) in [6.45, 7) is 7.06. The van der Waals surface area contributed by atoms with E-state index in [0.29, 0.717) is 13.2 Å². The molecular formula is C21H32N4O2. The fourth-order valence-corrected chi connectivity index (χ4v) is 2.81. The van der Waals surface area contributed by atoms with Gasteiger partial charge in [-0.25, -0.2) is 4.99 Å². The predicted molar refractivity (Wildman–Crippen MR) is 111 cm³/mol. The number of hydrogen-bond acceptors (Lipinski definition) is 3. The van der Waals surface area contributed by atoms with Gasteiger partial charge in [-0.3, -0.25) is 0 Å². The highest BCUT2D eigenvalue weighted by molar-refractivity contribution is 5.79. The maximum absolute atomic E-state index is 5.65. The average molecular weight is 373 g/mol. The Morgan fingerprint density at radius 1 is 1.11 bits per heavy atom. The van der Waals surface area contributed by atoms with E-state index in [4.69, 9.17) is 9.47 Å². The van der Waals surface area contributed by atoms with Crippen molar-refractivity contribution >= 4 is 5.96 Å². The molecule has 6 heteroatoms. The molecule has 6 nitrogen and oxygen atoms in total. The lowest BCUT2D eigenvalue weighted by molar-refractivity contribution is 0.310. The van der Waals surface area contributed by atoms with Crippen LogP contribution in [-0.4, -0.2) is 37.3 Å². The number of nitrogens with one attached hydrogen (secondary N) is 2. The monoisotopic (exact) mass is 372 g/mol. The van der Waals surface area contributed by atoms with Gasteiger partial charge >= 0.3 is 0 Å². The van der Waals surface area contributed by atoms with Crippen LogP contribution in [0.3, 0.4) is 0 Å². The summed E-state index contributed by atoms with van der Waals surface area (Å²) in [6.07, 6.45) is 6.10. The van der Waals surface area contributed by atoms with E-state index in [1.54, 1.807) is 7.11 Å². The van der Waals surface area contributed by atoms with Crippen LogP contribution >= 0.6 is 0 Å². The zero-order chi connectivity index (χ0) is 19.5. The number of aromatic nitrogens is 1. The Kier molecular flexibility index (Phi) is 8.55. The number of aliphatic imine (C=N–C) groups is 1. The Hall–Kier alpha value is -2.63. The van der Waals surface area contributed by atoms with Crippen LogP contribution in [-0.2, 0) is 20.0 Å². The smallest absolute Gasteiger partial charge is 0.191 e. The minimum Gasteiger partial charge on any atom is -0.493 e. The third kappa shape index (κ3) is 6.89. The maximum Gasteiger partial charge on any atom is 0.191 e. The molecule has 0 aliphatic heterocycles. The summed E-state index contributed by atoms with van der Waals surface area (Å²) in [7, 11) is 3.69. The van der Waals surface area contributed by atoms with Crippen molar-refractivity contribution in [3.63, 3.8) is 0 Å². The number of ether oxygens (including phenoxy) is 2. The first-order valence-corrected chi connectivity index (χ1v) is 9.59. The molecule has 2 aromatic rings. The largest absolute Gasteiger partial charge is 0.493 e. The van der Waals surface area contributed by atoms with Crippen LogP contribution in [0.5, 0.6) is 11.5 Å². The number of nitrogens with zero attached hydrogens (tertiary/aromatic N) is 2. The van der Waals surface area contributed by atoms with Gasteiger partial charge in [0.25, 0.3) is 0 Å². The van der Waals surface area contributed by atoms with Crippen molar-refractivity contribution < 1.29 is 9.47 Å². The zero-order valence-corrected chi connectivity index (χ0v) is 16.9. The van der Waals surface area contributed by atoms with Crippen LogP contribution in [0.25, 0.3) is 0 Å². The molecule has 0 bridgehead atoms. The molecule has 1 aromatic heterocycles. The molecule has 0 aliphatic carbocycles. The van der Waals surface area contributed by atoms with Crippen LogP contribution < -0.4 is 20.1 Å². The van der Waals surface area contributed by atoms with Gasteiger partial charge in [0.05, 0.1) is 20.3 Å². The molecule has 148 valence electrons. The van der Waals surface area contributed by atoms with Gasteiger partial charge in [0, 0.05) is 32.5 Å². The number of methoxy groups -OCH3 is 1. The van der Waals surface area contributed by atoms with Gasteiger partial charge < -0.3 is 24.7 Å². The van der Waals surface area contributed by atoms with E-state index in [-0.39, 0.29) is 0 Å². The molecule has 27 heavy (non-hydrogen) atoms. The van der Waals surface area contributed by atoms with Crippen molar-refractivity contribution in [1.29, 1.82) is 0 Å². The summed E-state index contributed by atoms with van der Waals surface area (Å²) < 4.78 is 13.0. The summed E-state index contributed by atoms with van der Waals surface area (Å²) in [4.78, 5) is 4.65. The van der Waals surface area contributed by atoms with Crippen molar-refractivity contribution in [2.75, 3.05) is 26.8 Å². The van der Waals surface area contributed by atoms with Gasteiger partial charge in [0.2, 0.25) is 0 Å². The number of guanidine groups is 1. The lowest BCUT2D eigenvalue weighted by Gasteiger charge is -2.12. The van der Waals surface area contributed by atoms with E-state index in [9.17, 15) is 0 Å². The maximum atomic E-state index is 5.65. The van der Waals surface area contributed by atoms with Crippen molar-refractivity contribution in [2.24, 2.45) is 12.0 Å². The molecule has 0 saturated heterocycles. The van der Waals surface area contributed by atoms with Gasteiger partial charge in [0.1, 0.15) is 0 Å². The summed E-state index contributed by atoms with van der Waals surface area (Å²) in [5, 5.41) is 6.70. The fraction of sp³-hybridized carbons (Fsp3) is 0.476. The number of hydrogen-bond donors (Lipinski definition) is 2. The Bertz CT molecular complexity index is 725. The molecular weight excluding hydrogens is 340 g/mol. The molecule has 0 saturated carbocycles. The molecule has 2 rings (SSSR count). The summed E-state index contributed by atoms with van der Waals surface area (Å²) in [5.74, 6) is 2.44. The van der Waals surface area contributed by atoms with E-state index >= 15 is 0 Å². The highest BCUT2D eigenvalue weighted by Gasteiger charge is 2.05. The SMILES string of the molecule is CCNC(=NCc1ccn(C)c1)NCCCc1ccc(OC)c(OCC)c1. The summed E-state index contributed by atoms with van der Waals surface area (Å²) in [5.41, 5.74) is 2.45. The molecule has 0 spiro atoms. The first-order chi connectivity index (χ1) is 13.2. The van der Waals surface area contributed by atoms with Crippen LogP contribution in [0.15, 0.2) is 41.7 Å². The second-order valence-electron chi connectivity index (χ2n) is 6.33. The quantitative estimate of drug-likeness (QED) is 0.382. The van der Waals surface area contributed by atoms with Gasteiger partial charge in [-0.1, -0.05) is 6.07 Å². The van der Waals surface area contributed by atoms with E-state index < -0.39 is 0 Å². The molecule has 0 radical (unpaired) electrons. The Labute approximate surface area is 162 Å². The van der Waals surface area contributed by atoms with Crippen LogP contribution in [0, 0.1) is 0 Å². The normalized spacial score (nSPS) is 11.3. The lowest BCUT2D eigenvalue weighted by atomic mass is 10.1. The molecule has 1 heterocycles. The predicted octanol–water partition coefficient (Wildman–Crippen LogP) is 3.12. The molecule has 0 aliphatic rings. The number of aryl methyl sites for hydroxylation is 2. The van der Waals surface area contributed by atoms with Crippen molar-refractivity contribution in [3.05, 3.63) is 47.8 Å². The molecule has 0 atom stereocenters. The van der Waals surface area contributed by atoms with Crippen LogP contribution in [0.4, 0.5) is 0 Å². The lowest BCUT2D eigenvalue weighted by Crippen LogP contribution is -2.37. The van der Waals surface area contributed by atoms with Gasteiger partial charge in [0.15, 0.2) is 17.5 Å². The highest BCUT2D eigenvalue weighted by atomic mass is 16.5. The minimum atomic E-state index is 0.630. The molecule has 1 aromatic carbocycles. The third-order valence-electron chi connectivity index (χ3n) is 4.12. The molecule has 0 amide bonds. The van der Waals surface area contributed by atoms with E-state index in [2.05, 4.69) is 46.9 Å². The number of benzene rings is 1. The van der Waals surface area contributed by atoms with Gasteiger partial charge in [-0.15, -0.1) is 0 Å². The first kappa shape index (κ1) is 20.7. The van der Waals surface area contributed by atoms with Gasteiger partial charge in [-0.05, 0) is 56.0 Å². The van der Waals surface area contributed by atoms with Crippen LogP contribution in [0.2, 0.25) is 0 Å². The molecule has 2 N–H and O–H groups in total. The molecule has 0 fully saturated rings. The second kappa shape index (κ2) is 11.2. The van der Waals surface area contributed by atoms with E-state index in [1.165, 1.54) is 11.1 Å². The van der Waals surface area contributed by atoms with E-state index in [0.717, 1.165) is 43.4 Å². The molecule has 0 unspecified atom stereocenters. The fourth-order valence-electron chi connectivity index (χ4n) is 2.81. The average Bonchev–Trinajstić information content (AvgIpc) is 3.09.